The smallest absolute Gasteiger partial charge is 0.241 e. The van der Waals surface area contributed by atoms with E-state index < -0.39 is 0 Å². The van der Waals surface area contributed by atoms with Crippen LogP contribution in [0.4, 0.5) is 5.95 Å². The van der Waals surface area contributed by atoms with Gasteiger partial charge in [-0.25, -0.2) is 10.8 Å². The van der Waals surface area contributed by atoms with Crippen LogP contribution in [-0.4, -0.2) is 16.6 Å². The lowest BCUT2D eigenvalue weighted by molar-refractivity contribution is 0.219. The van der Waals surface area contributed by atoms with E-state index in [2.05, 4.69) is 28.4 Å². The Morgan fingerprint density at radius 2 is 2.30 bits per heavy atom. The first-order chi connectivity index (χ1) is 9.80. The predicted octanol–water partition coefficient (Wildman–Crippen LogP) is 3.11. The number of aromatic nitrogens is 2. The minimum Gasteiger partial charge on any atom is -0.477 e. The van der Waals surface area contributed by atoms with Gasteiger partial charge in [0.05, 0.1) is 12.0 Å². The first-order valence-electron chi connectivity index (χ1n) is 7.20. The van der Waals surface area contributed by atoms with Crippen molar-refractivity contribution in [2.45, 2.75) is 39.0 Å². The number of hydrogen-bond donors (Lipinski definition) is 2. The van der Waals surface area contributed by atoms with Crippen LogP contribution in [0, 0.1) is 5.92 Å². The Morgan fingerprint density at radius 3 is 2.95 bits per heavy atom. The van der Waals surface area contributed by atoms with Gasteiger partial charge >= 0.3 is 0 Å². The summed E-state index contributed by atoms with van der Waals surface area (Å²) in [5.74, 6) is 7.34. The van der Waals surface area contributed by atoms with Gasteiger partial charge in [0.25, 0.3) is 0 Å². The van der Waals surface area contributed by atoms with Gasteiger partial charge in [-0.05, 0) is 24.8 Å². The van der Waals surface area contributed by atoms with E-state index in [0.29, 0.717) is 11.8 Å². The molecule has 5 nitrogen and oxygen atoms in total. The van der Waals surface area contributed by atoms with Gasteiger partial charge in [0.2, 0.25) is 11.8 Å². The van der Waals surface area contributed by atoms with Crippen LogP contribution in [0.1, 0.15) is 37.5 Å². The van der Waals surface area contributed by atoms with Gasteiger partial charge in [-0.1, -0.05) is 26.2 Å². The van der Waals surface area contributed by atoms with Crippen LogP contribution in [0.3, 0.4) is 0 Å². The maximum atomic E-state index is 5.89. The van der Waals surface area contributed by atoms with Crippen LogP contribution >= 0.6 is 11.3 Å². The highest BCUT2D eigenvalue weighted by Crippen LogP contribution is 2.33. The monoisotopic (exact) mass is 292 g/mol. The summed E-state index contributed by atoms with van der Waals surface area (Å²) >= 11 is 1.67. The number of fused-ring (bicyclic) bond motifs is 1. The number of hydrazine groups is 1. The zero-order chi connectivity index (χ0) is 13.9. The first-order valence-corrected chi connectivity index (χ1v) is 8.01. The molecule has 0 spiro atoms. The molecule has 0 aromatic carbocycles. The van der Waals surface area contributed by atoms with Crippen molar-refractivity contribution in [1.29, 1.82) is 0 Å². The lowest BCUT2D eigenvalue weighted by atomic mass is 9.83. The minimum atomic E-state index is 0.417. The lowest BCUT2D eigenvalue weighted by Gasteiger charge is -2.24. The predicted molar refractivity (Wildman–Crippen MR) is 82.1 cm³/mol. The van der Waals surface area contributed by atoms with Crippen LogP contribution in [0.25, 0.3) is 10.2 Å². The van der Waals surface area contributed by atoms with E-state index in [4.69, 9.17) is 10.6 Å². The number of nitrogens with one attached hydrogen (secondary N) is 1. The molecule has 20 heavy (non-hydrogen) atoms. The Hall–Kier alpha value is -1.40. The zero-order valence-electron chi connectivity index (χ0n) is 11.7. The molecule has 1 saturated carbocycles. The summed E-state index contributed by atoms with van der Waals surface area (Å²) in [5, 5.41) is 0.999. The molecule has 2 heterocycles. The molecule has 3 N–H and O–H groups in total. The van der Waals surface area contributed by atoms with E-state index in [9.17, 15) is 0 Å². The highest BCUT2D eigenvalue weighted by Gasteiger charge is 2.18. The third-order valence-corrected chi connectivity index (χ3v) is 5.05. The molecular weight excluding hydrogens is 272 g/mol. The fourth-order valence-electron chi connectivity index (χ4n) is 2.40. The van der Waals surface area contributed by atoms with E-state index in [1.807, 2.05) is 0 Å². The van der Waals surface area contributed by atoms with Gasteiger partial charge in [0, 0.05) is 4.88 Å². The average molecular weight is 292 g/mol. The zero-order valence-corrected chi connectivity index (χ0v) is 12.5. The molecular formula is C14H20N4OS. The van der Waals surface area contributed by atoms with Gasteiger partial charge in [-0.2, -0.15) is 4.98 Å². The summed E-state index contributed by atoms with van der Waals surface area (Å²) in [6.45, 7) is 2.86. The Morgan fingerprint density at radius 1 is 1.45 bits per heavy atom. The largest absolute Gasteiger partial charge is 0.477 e. The third kappa shape index (κ3) is 2.71. The molecule has 2 aromatic heterocycles. The van der Waals surface area contributed by atoms with Crippen LogP contribution < -0.4 is 16.0 Å². The van der Waals surface area contributed by atoms with E-state index in [1.54, 1.807) is 11.3 Å². The molecule has 1 fully saturated rings. The lowest BCUT2D eigenvalue weighted by Crippen LogP contribution is -2.15. The van der Waals surface area contributed by atoms with Crippen molar-refractivity contribution < 1.29 is 4.74 Å². The SMILES string of the molecule is CCc1cc2c(OCCC3CCC3)nc(NN)nc2s1. The average Bonchev–Trinajstić information content (AvgIpc) is 2.84. The first kappa shape index (κ1) is 13.6. The van der Waals surface area contributed by atoms with Crippen molar-refractivity contribution in [1.82, 2.24) is 9.97 Å². The highest BCUT2D eigenvalue weighted by atomic mass is 32.1. The second kappa shape index (κ2) is 5.93. The molecule has 108 valence electrons. The number of nitrogen functional groups attached to an aromatic ring is 1. The molecule has 1 aliphatic carbocycles. The standard InChI is InChI=1S/C14H20N4OS/c1-2-10-8-11-12(19-7-6-9-4-3-5-9)16-14(18-15)17-13(11)20-10/h8-9H,2-7,15H2,1H3,(H,16,17,18). The van der Waals surface area contributed by atoms with Crippen molar-refractivity contribution in [3.05, 3.63) is 10.9 Å². The molecule has 1 aliphatic rings. The molecule has 6 heteroatoms. The maximum Gasteiger partial charge on any atom is 0.241 e. The maximum absolute atomic E-state index is 5.89. The number of nitrogens with zero attached hydrogens (tertiary/aromatic N) is 2. The molecule has 0 unspecified atom stereocenters. The Labute approximate surface area is 122 Å². The Kier molecular flexibility index (Phi) is 4.03. The number of aryl methyl sites for hydroxylation is 1. The van der Waals surface area contributed by atoms with Crippen LogP contribution in [0.5, 0.6) is 5.88 Å². The van der Waals surface area contributed by atoms with Crippen molar-refractivity contribution in [2.75, 3.05) is 12.0 Å². The third-order valence-electron chi connectivity index (χ3n) is 3.88. The second-order valence-corrected chi connectivity index (χ2v) is 6.33. The summed E-state index contributed by atoms with van der Waals surface area (Å²) in [5.41, 5.74) is 2.51. The molecule has 3 rings (SSSR count). The van der Waals surface area contributed by atoms with Crippen LogP contribution in [-0.2, 0) is 6.42 Å². The van der Waals surface area contributed by atoms with E-state index in [1.165, 1.54) is 24.1 Å². The summed E-state index contributed by atoms with van der Waals surface area (Å²) in [6.07, 6.45) is 6.16. The number of thiophene rings is 1. The van der Waals surface area contributed by atoms with E-state index in [-0.39, 0.29) is 0 Å². The summed E-state index contributed by atoms with van der Waals surface area (Å²) < 4.78 is 5.89. The summed E-state index contributed by atoms with van der Waals surface area (Å²) in [4.78, 5) is 10.9. The Bertz CT molecular complexity index is 594. The normalized spacial score (nSPS) is 15.3. The fourth-order valence-corrected chi connectivity index (χ4v) is 3.36. The molecule has 0 aliphatic heterocycles. The van der Waals surface area contributed by atoms with Crippen LogP contribution in [0.15, 0.2) is 6.07 Å². The highest BCUT2D eigenvalue weighted by molar-refractivity contribution is 7.18. The van der Waals surface area contributed by atoms with Crippen LogP contribution in [0.2, 0.25) is 0 Å². The topological polar surface area (TPSA) is 73.1 Å². The second-order valence-electron chi connectivity index (χ2n) is 5.22. The number of nitrogens with two attached hydrogens (primary N) is 1. The van der Waals surface area contributed by atoms with Gasteiger partial charge in [0.15, 0.2) is 0 Å². The molecule has 0 bridgehead atoms. The van der Waals surface area contributed by atoms with Gasteiger partial charge in [-0.3, -0.25) is 5.43 Å². The van der Waals surface area contributed by atoms with E-state index in [0.717, 1.165) is 35.6 Å². The quantitative estimate of drug-likeness (QED) is 0.632. The number of rotatable bonds is 6. The van der Waals surface area contributed by atoms with Crippen molar-refractivity contribution in [2.24, 2.45) is 11.8 Å². The van der Waals surface area contributed by atoms with Gasteiger partial charge in [0.1, 0.15) is 4.83 Å². The van der Waals surface area contributed by atoms with E-state index >= 15 is 0 Å². The molecule has 0 radical (unpaired) electrons. The molecule has 0 saturated heterocycles. The number of anilines is 1. The molecule has 2 aromatic rings. The number of hydrogen-bond acceptors (Lipinski definition) is 6. The summed E-state index contributed by atoms with van der Waals surface area (Å²) in [7, 11) is 0. The molecule has 0 atom stereocenters. The molecule has 0 amide bonds. The van der Waals surface area contributed by atoms with Crippen molar-refractivity contribution >= 4 is 27.5 Å². The Balaban J connectivity index is 1.80. The van der Waals surface area contributed by atoms with Gasteiger partial charge in [-0.15, -0.1) is 11.3 Å². The minimum absolute atomic E-state index is 0.417. The number of ether oxygens (including phenoxy) is 1. The summed E-state index contributed by atoms with van der Waals surface area (Å²) in [6, 6.07) is 2.12. The van der Waals surface area contributed by atoms with Gasteiger partial charge < -0.3 is 4.74 Å². The fraction of sp³-hybridized carbons (Fsp3) is 0.571. The van der Waals surface area contributed by atoms with Crippen molar-refractivity contribution in [3.63, 3.8) is 0 Å². The van der Waals surface area contributed by atoms with Crippen molar-refractivity contribution in [3.8, 4) is 5.88 Å².